The van der Waals surface area contributed by atoms with Crippen LogP contribution in [0.15, 0.2) is 54.6 Å². The molecular weight excluding hydrogens is 402 g/mol. The maximum Gasteiger partial charge on any atom is 0.228 e. The second-order valence-corrected chi connectivity index (χ2v) is 7.43. The minimum Gasteiger partial charge on any atom is -0.494 e. The van der Waals surface area contributed by atoms with Crippen molar-refractivity contribution >= 4 is 29.9 Å². The molecule has 0 aliphatic carbocycles. The molecule has 160 valence electrons. The van der Waals surface area contributed by atoms with Gasteiger partial charge >= 0.3 is 0 Å². The molecule has 2 fully saturated rings. The van der Waals surface area contributed by atoms with Gasteiger partial charge in [-0.3, -0.25) is 9.59 Å². The molecule has 0 radical (unpaired) electrons. The van der Waals surface area contributed by atoms with Crippen LogP contribution < -0.4 is 15.0 Å². The first-order valence-corrected chi connectivity index (χ1v) is 10.3. The van der Waals surface area contributed by atoms with Crippen LogP contribution in [0, 0.1) is 5.92 Å². The topological polar surface area (TPSA) is 61.9 Å². The summed E-state index contributed by atoms with van der Waals surface area (Å²) in [5.74, 6) is 0.445. The van der Waals surface area contributed by atoms with Crippen molar-refractivity contribution in [3.05, 3.63) is 60.2 Å². The zero-order valence-corrected chi connectivity index (χ0v) is 17.9. The van der Waals surface area contributed by atoms with Gasteiger partial charge in [0.15, 0.2) is 0 Å². The number of hydrogen-bond donors (Lipinski definition) is 1. The Morgan fingerprint density at radius 1 is 1.07 bits per heavy atom. The highest BCUT2D eigenvalue weighted by atomic mass is 35.5. The average molecular weight is 430 g/mol. The normalized spacial score (nSPS) is 21.3. The van der Waals surface area contributed by atoms with E-state index in [9.17, 15) is 9.59 Å². The number of ether oxygens (including phenoxy) is 1. The molecule has 1 N–H and O–H groups in total. The van der Waals surface area contributed by atoms with E-state index in [1.807, 2.05) is 66.4 Å². The largest absolute Gasteiger partial charge is 0.494 e. The summed E-state index contributed by atoms with van der Waals surface area (Å²) in [6.07, 6.45) is 0.232. The molecule has 0 saturated carbocycles. The molecule has 6 nitrogen and oxygen atoms in total. The zero-order valence-electron chi connectivity index (χ0n) is 17.1. The Bertz CT molecular complexity index is 854. The number of hydrogen-bond acceptors (Lipinski definition) is 4. The number of rotatable bonds is 5. The molecule has 2 unspecified atom stereocenters. The van der Waals surface area contributed by atoms with Gasteiger partial charge < -0.3 is 19.9 Å². The molecular formula is C23H28ClN3O3. The predicted octanol–water partition coefficient (Wildman–Crippen LogP) is 3.03. The van der Waals surface area contributed by atoms with Gasteiger partial charge in [-0.15, -0.1) is 12.4 Å². The molecule has 2 aliphatic heterocycles. The summed E-state index contributed by atoms with van der Waals surface area (Å²) in [6, 6.07) is 17.1. The van der Waals surface area contributed by atoms with Gasteiger partial charge in [-0.2, -0.15) is 0 Å². The van der Waals surface area contributed by atoms with Crippen LogP contribution in [0.5, 0.6) is 5.75 Å². The number of anilines is 1. The SMILES string of the molecule is CCOc1ccc(N2C(=O)CC(C(=O)N3CCNCC3)C2c2ccccc2)cc1.Cl. The van der Waals surface area contributed by atoms with E-state index in [0.29, 0.717) is 19.7 Å². The van der Waals surface area contributed by atoms with Crippen molar-refractivity contribution in [2.75, 3.05) is 37.7 Å². The van der Waals surface area contributed by atoms with Crippen LogP contribution in [0.1, 0.15) is 24.9 Å². The van der Waals surface area contributed by atoms with E-state index >= 15 is 0 Å². The number of carbonyl (C=O) groups is 2. The Hall–Kier alpha value is -2.57. The monoisotopic (exact) mass is 429 g/mol. The molecule has 0 aromatic heterocycles. The highest BCUT2D eigenvalue weighted by Gasteiger charge is 2.46. The second-order valence-electron chi connectivity index (χ2n) is 7.43. The number of amides is 2. The second kappa shape index (κ2) is 9.96. The molecule has 30 heavy (non-hydrogen) atoms. The number of carbonyl (C=O) groups excluding carboxylic acids is 2. The fraction of sp³-hybridized carbons (Fsp3) is 0.391. The highest BCUT2D eigenvalue weighted by Crippen LogP contribution is 2.42. The van der Waals surface area contributed by atoms with Crippen LogP contribution in [-0.2, 0) is 9.59 Å². The summed E-state index contributed by atoms with van der Waals surface area (Å²) < 4.78 is 5.53. The minimum absolute atomic E-state index is 0. The van der Waals surface area contributed by atoms with Crippen molar-refractivity contribution in [3.63, 3.8) is 0 Å². The molecule has 2 aliphatic rings. The number of nitrogens with zero attached hydrogens (tertiary/aromatic N) is 2. The number of halogens is 1. The molecule has 7 heteroatoms. The van der Waals surface area contributed by atoms with Crippen LogP contribution >= 0.6 is 12.4 Å². The van der Waals surface area contributed by atoms with E-state index in [4.69, 9.17) is 4.74 Å². The van der Waals surface area contributed by atoms with Crippen molar-refractivity contribution in [1.82, 2.24) is 10.2 Å². The zero-order chi connectivity index (χ0) is 20.2. The Morgan fingerprint density at radius 2 is 1.73 bits per heavy atom. The van der Waals surface area contributed by atoms with Crippen molar-refractivity contribution in [1.29, 1.82) is 0 Å². The summed E-state index contributed by atoms with van der Waals surface area (Å²) in [5.41, 5.74) is 1.78. The third-order valence-electron chi connectivity index (χ3n) is 5.64. The lowest BCUT2D eigenvalue weighted by Crippen LogP contribution is -2.49. The van der Waals surface area contributed by atoms with E-state index in [0.717, 1.165) is 30.1 Å². The van der Waals surface area contributed by atoms with Gasteiger partial charge in [0, 0.05) is 38.3 Å². The van der Waals surface area contributed by atoms with Gasteiger partial charge in [0.05, 0.1) is 18.6 Å². The van der Waals surface area contributed by atoms with E-state index in [2.05, 4.69) is 5.32 Å². The Labute approximate surface area is 183 Å². The summed E-state index contributed by atoms with van der Waals surface area (Å²) in [7, 11) is 0. The smallest absolute Gasteiger partial charge is 0.228 e. The van der Waals surface area contributed by atoms with Gasteiger partial charge in [0.25, 0.3) is 0 Å². The van der Waals surface area contributed by atoms with Gasteiger partial charge in [0.2, 0.25) is 11.8 Å². The van der Waals surface area contributed by atoms with Crippen molar-refractivity contribution in [2.24, 2.45) is 5.92 Å². The van der Waals surface area contributed by atoms with Crippen LogP contribution in [0.2, 0.25) is 0 Å². The molecule has 4 rings (SSSR count). The minimum atomic E-state index is -0.380. The number of piperazine rings is 1. The lowest BCUT2D eigenvalue weighted by atomic mass is 9.92. The summed E-state index contributed by atoms with van der Waals surface area (Å²) in [4.78, 5) is 30.1. The van der Waals surface area contributed by atoms with Gasteiger partial charge in [-0.1, -0.05) is 30.3 Å². The Kier molecular flexibility index (Phi) is 7.34. The lowest BCUT2D eigenvalue weighted by molar-refractivity contribution is -0.137. The third-order valence-corrected chi connectivity index (χ3v) is 5.64. The first-order valence-electron chi connectivity index (χ1n) is 10.3. The van der Waals surface area contributed by atoms with Crippen LogP contribution in [-0.4, -0.2) is 49.5 Å². The van der Waals surface area contributed by atoms with Crippen LogP contribution in [0.3, 0.4) is 0 Å². The summed E-state index contributed by atoms with van der Waals surface area (Å²) in [6.45, 7) is 5.50. The van der Waals surface area contributed by atoms with Crippen molar-refractivity contribution in [3.8, 4) is 5.75 Å². The van der Waals surface area contributed by atoms with E-state index in [-0.39, 0.29) is 42.6 Å². The fourth-order valence-corrected chi connectivity index (χ4v) is 4.28. The van der Waals surface area contributed by atoms with Gasteiger partial charge in [0.1, 0.15) is 5.75 Å². The number of nitrogens with one attached hydrogen (secondary N) is 1. The van der Waals surface area contributed by atoms with Crippen molar-refractivity contribution < 1.29 is 14.3 Å². The highest BCUT2D eigenvalue weighted by molar-refractivity contribution is 6.01. The molecule has 2 amide bonds. The number of benzene rings is 2. The molecule has 2 heterocycles. The molecule has 2 aromatic carbocycles. The van der Waals surface area contributed by atoms with E-state index in [1.54, 1.807) is 4.90 Å². The quantitative estimate of drug-likeness (QED) is 0.793. The van der Waals surface area contributed by atoms with E-state index < -0.39 is 0 Å². The summed E-state index contributed by atoms with van der Waals surface area (Å²) in [5, 5.41) is 3.28. The standard InChI is InChI=1S/C23H27N3O3.ClH/c1-2-29-19-10-8-18(9-11-19)26-21(27)16-20(22(26)17-6-4-3-5-7-17)23(28)25-14-12-24-13-15-25;/h3-11,20,22,24H,2,12-16H2,1H3;1H. The first-order chi connectivity index (χ1) is 14.2. The molecule has 2 saturated heterocycles. The maximum atomic E-state index is 13.3. The Balaban J connectivity index is 0.00000256. The van der Waals surface area contributed by atoms with Gasteiger partial charge in [-0.25, -0.2) is 0 Å². The van der Waals surface area contributed by atoms with E-state index in [1.165, 1.54) is 0 Å². The molecule has 2 atom stereocenters. The van der Waals surface area contributed by atoms with Crippen LogP contribution in [0.25, 0.3) is 0 Å². The lowest BCUT2D eigenvalue weighted by Gasteiger charge is -2.33. The maximum absolute atomic E-state index is 13.3. The Morgan fingerprint density at radius 3 is 2.37 bits per heavy atom. The van der Waals surface area contributed by atoms with Crippen molar-refractivity contribution in [2.45, 2.75) is 19.4 Å². The molecule has 0 spiro atoms. The predicted molar refractivity (Wildman–Crippen MR) is 119 cm³/mol. The molecule has 0 bridgehead atoms. The van der Waals surface area contributed by atoms with Gasteiger partial charge in [-0.05, 0) is 36.8 Å². The van der Waals surface area contributed by atoms with Crippen LogP contribution in [0.4, 0.5) is 5.69 Å². The summed E-state index contributed by atoms with van der Waals surface area (Å²) >= 11 is 0. The average Bonchev–Trinajstić information content (AvgIpc) is 3.12. The molecule has 2 aromatic rings. The third kappa shape index (κ3) is 4.45. The fourth-order valence-electron chi connectivity index (χ4n) is 4.28. The first kappa shape index (κ1) is 22.1.